The highest BCUT2D eigenvalue weighted by Gasteiger charge is 2.21. The van der Waals surface area contributed by atoms with Crippen LogP contribution in [0.2, 0.25) is 0 Å². The van der Waals surface area contributed by atoms with Crippen molar-refractivity contribution in [3.63, 3.8) is 0 Å². The zero-order chi connectivity index (χ0) is 18.2. The summed E-state index contributed by atoms with van der Waals surface area (Å²) in [6.07, 6.45) is 3.36. The number of hydrogen-bond acceptors (Lipinski definition) is 3. The van der Waals surface area contributed by atoms with Gasteiger partial charge in [-0.3, -0.25) is 9.59 Å². The Bertz CT molecular complexity index is 563. The monoisotopic (exact) mass is 346 g/mol. The largest absolute Gasteiger partial charge is 0.497 e. The SMILES string of the molecule is COc1ccc(CCN(CCC(=O)N2CCC(C)CC2)C(C)=O)cc1. The van der Waals surface area contributed by atoms with Crippen molar-refractivity contribution in [3.8, 4) is 5.75 Å². The lowest BCUT2D eigenvalue weighted by atomic mass is 9.99. The van der Waals surface area contributed by atoms with Gasteiger partial charge in [-0.15, -0.1) is 0 Å². The summed E-state index contributed by atoms with van der Waals surface area (Å²) >= 11 is 0. The topological polar surface area (TPSA) is 49.9 Å². The number of carbonyl (C=O) groups excluding carboxylic acids is 2. The van der Waals surface area contributed by atoms with E-state index in [-0.39, 0.29) is 11.8 Å². The van der Waals surface area contributed by atoms with Gasteiger partial charge >= 0.3 is 0 Å². The van der Waals surface area contributed by atoms with Crippen LogP contribution in [-0.4, -0.2) is 54.9 Å². The molecule has 25 heavy (non-hydrogen) atoms. The van der Waals surface area contributed by atoms with E-state index < -0.39 is 0 Å². The number of methoxy groups -OCH3 is 1. The minimum absolute atomic E-state index is 0.0218. The van der Waals surface area contributed by atoms with Gasteiger partial charge in [-0.05, 0) is 42.9 Å². The average Bonchev–Trinajstić information content (AvgIpc) is 2.62. The zero-order valence-corrected chi connectivity index (χ0v) is 15.7. The second kappa shape index (κ2) is 9.44. The van der Waals surface area contributed by atoms with Gasteiger partial charge in [-0.1, -0.05) is 19.1 Å². The van der Waals surface area contributed by atoms with E-state index in [0.717, 1.165) is 43.7 Å². The second-order valence-corrected chi connectivity index (χ2v) is 6.92. The summed E-state index contributed by atoms with van der Waals surface area (Å²) in [7, 11) is 1.65. The predicted molar refractivity (Wildman–Crippen MR) is 98.5 cm³/mol. The van der Waals surface area contributed by atoms with Crippen LogP contribution in [0.15, 0.2) is 24.3 Å². The van der Waals surface area contributed by atoms with Gasteiger partial charge in [-0.25, -0.2) is 0 Å². The molecule has 0 unspecified atom stereocenters. The Labute approximate surface area is 150 Å². The summed E-state index contributed by atoms with van der Waals surface area (Å²) in [5, 5.41) is 0. The highest BCUT2D eigenvalue weighted by molar-refractivity contribution is 5.78. The van der Waals surface area contributed by atoms with Crippen molar-refractivity contribution in [1.82, 2.24) is 9.80 Å². The average molecular weight is 346 g/mol. The van der Waals surface area contributed by atoms with E-state index in [1.165, 1.54) is 0 Å². The summed E-state index contributed by atoms with van der Waals surface area (Å²) in [5.41, 5.74) is 1.16. The molecule has 1 fully saturated rings. The third kappa shape index (κ3) is 6.07. The molecule has 1 heterocycles. The third-order valence-corrected chi connectivity index (χ3v) is 5.01. The first-order valence-electron chi connectivity index (χ1n) is 9.16. The fourth-order valence-corrected chi connectivity index (χ4v) is 3.13. The quantitative estimate of drug-likeness (QED) is 0.763. The minimum Gasteiger partial charge on any atom is -0.497 e. The molecule has 0 atom stereocenters. The van der Waals surface area contributed by atoms with Crippen LogP contribution >= 0.6 is 0 Å². The molecular weight excluding hydrogens is 316 g/mol. The van der Waals surface area contributed by atoms with Crippen LogP contribution in [0.25, 0.3) is 0 Å². The Morgan fingerprint density at radius 1 is 1.16 bits per heavy atom. The first-order chi connectivity index (χ1) is 12.0. The number of benzene rings is 1. The van der Waals surface area contributed by atoms with Crippen molar-refractivity contribution in [2.45, 2.75) is 39.5 Å². The molecule has 1 aromatic carbocycles. The molecule has 0 N–H and O–H groups in total. The standard InChI is InChI=1S/C20H30N2O3/c1-16-8-12-22(13-9-16)20(24)11-15-21(17(2)23)14-10-18-4-6-19(25-3)7-5-18/h4-7,16H,8-15H2,1-3H3. The number of nitrogens with zero attached hydrogens (tertiary/aromatic N) is 2. The van der Waals surface area contributed by atoms with Gasteiger partial charge in [0.1, 0.15) is 5.75 Å². The van der Waals surface area contributed by atoms with Crippen molar-refractivity contribution in [2.24, 2.45) is 5.92 Å². The van der Waals surface area contributed by atoms with Crippen LogP contribution in [0.1, 0.15) is 38.7 Å². The molecule has 0 aromatic heterocycles. The molecule has 1 aromatic rings. The smallest absolute Gasteiger partial charge is 0.224 e. The maximum Gasteiger partial charge on any atom is 0.224 e. The number of ether oxygens (including phenoxy) is 1. The molecule has 0 radical (unpaired) electrons. The van der Waals surface area contributed by atoms with Crippen LogP contribution in [0, 0.1) is 5.92 Å². The number of rotatable bonds is 7. The van der Waals surface area contributed by atoms with Crippen LogP contribution in [0.5, 0.6) is 5.75 Å². The van der Waals surface area contributed by atoms with Gasteiger partial charge in [-0.2, -0.15) is 0 Å². The summed E-state index contributed by atoms with van der Waals surface area (Å²) in [4.78, 5) is 27.9. The molecule has 1 aliphatic rings. The molecule has 2 amide bonds. The van der Waals surface area contributed by atoms with Gasteiger partial charge in [0, 0.05) is 39.5 Å². The molecule has 138 valence electrons. The van der Waals surface area contributed by atoms with Crippen molar-refractivity contribution < 1.29 is 14.3 Å². The lowest BCUT2D eigenvalue weighted by Crippen LogP contribution is -2.40. The van der Waals surface area contributed by atoms with Crippen molar-refractivity contribution in [2.75, 3.05) is 33.3 Å². The minimum atomic E-state index is 0.0218. The molecule has 0 bridgehead atoms. The number of hydrogen-bond donors (Lipinski definition) is 0. The molecule has 5 heteroatoms. The summed E-state index contributed by atoms with van der Waals surface area (Å²) in [5.74, 6) is 1.73. The second-order valence-electron chi connectivity index (χ2n) is 6.92. The van der Waals surface area contributed by atoms with E-state index in [1.807, 2.05) is 29.2 Å². The van der Waals surface area contributed by atoms with Crippen molar-refractivity contribution in [1.29, 1.82) is 0 Å². The lowest BCUT2D eigenvalue weighted by molar-refractivity contribution is -0.134. The Morgan fingerprint density at radius 3 is 2.36 bits per heavy atom. The van der Waals surface area contributed by atoms with Gasteiger partial charge in [0.25, 0.3) is 0 Å². The highest BCUT2D eigenvalue weighted by Crippen LogP contribution is 2.17. The van der Waals surface area contributed by atoms with Crippen molar-refractivity contribution >= 4 is 11.8 Å². The Kier molecular flexibility index (Phi) is 7.29. The highest BCUT2D eigenvalue weighted by atomic mass is 16.5. The number of amides is 2. The maximum atomic E-state index is 12.4. The molecular formula is C20H30N2O3. The number of carbonyl (C=O) groups is 2. The van der Waals surface area contributed by atoms with Crippen LogP contribution < -0.4 is 4.74 Å². The van der Waals surface area contributed by atoms with Crippen LogP contribution in [0.3, 0.4) is 0 Å². The Balaban J connectivity index is 1.79. The summed E-state index contributed by atoms with van der Waals surface area (Å²) in [6.45, 7) is 6.64. The van der Waals surface area contributed by atoms with E-state index in [0.29, 0.717) is 25.4 Å². The van der Waals surface area contributed by atoms with E-state index in [9.17, 15) is 9.59 Å². The zero-order valence-electron chi connectivity index (χ0n) is 15.7. The molecule has 0 saturated carbocycles. The normalized spacial score (nSPS) is 15.1. The van der Waals surface area contributed by atoms with Crippen molar-refractivity contribution in [3.05, 3.63) is 29.8 Å². The molecule has 0 aliphatic carbocycles. The lowest BCUT2D eigenvalue weighted by Gasteiger charge is -2.31. The first kappa shape index (κ1) is 19.3. The van der Waals surface area contributed by atoms with Gasteiger partial charge in [0.05, 0.1) is 7.11 Å². The number of piperidine rings is 1. The fourth-order valence-electron chi connectivity index (χ4n) is 3.13. The third-order valence-electron chi connectivity index (χ3n) is 5.01. The van der Waals surface area contributed by atoms with E-state index in [2.05, 4.69) is 6.92 Å². The molecule has 1 saturated heterocycles. The predicted octanol–water partition coefficient (Wildman–Crippen LogP) is 2.73. The van der Waals surface area contributed by atoms with Crippen LogP contribution in [-0.2, 0) is 16.0 Å². The first-order valence-corrected chi connectivity index (χ1v) is 9.16. The number of likely N-dealkylation sites (tertiary alicyclic amines) is 1. The van der Waals surface area contributed by atoms with Gasteiger partial charge in [0.2, 0.25) is 11.8 Å². The molecule has 1 aliphatic heterocycles. The van der Waals surface area contributed by atoms with E-state index in [1.54, 1.807) is 18.9 Å². The molecule has 5 nitrogen and oxygen atoms in total. The Hall–Kier alpha value is -2.04. The van der Waals surface area contributed by atoms with Gasteiger partial charge in [0.15, 0.2) is 0 Å². The fraction of sp³-hybridized carbons (Fsp3) is 0.600. The Morgan fingerprint density at radius 2 is 1.80 bits per heavy atom. The summed E-state index contributed by atoms with van der Waals surface area (Å²) < 4.78 is 5.16. The maximum absolute atomic E-state index is 12.4. The van der Waals surface area contributed by atoms with E-state index in [4.69, 9.17) is 4.74 Å². The van der Waals surface area contributed by atoms with Crippen LogP contribution in [0.4, 0.5) is 0 Å². The molecule has 2 rings (SSSR count). The summed E-state index contributed by atoms with van der Waals surface area (Å²) in [6, 6.07) is 7.87. The van der Waals surface area contributed by atoms with Gasteiger partial charge < -0.3 is 14.5 Å². The molecule has 0 spiro atoms. The van der Waals surface area contributed by atoms with E-state index >= 15 is 0 Å².